The normalized spacial score (nSPS) is 12.8. The van der Waals surface area contributed by atoms with Crippen LogP contribution in [0, 0.1) is 0 Å². The van der Waals surface area contributed by atoms with E-state index in [1.807, 2.05) is 0 Å². The van der Waals surface area contributed by atoms with Crippen LogP contribution in [0.5, 0.6) is 0 Å². The fraction of sp³-hybridized carbons (Fsp3) is 0. The summed E-state index contributed by atoms with van der Waals surface area (Å²) < 4.78 is 118. The first kappa shape index (κ1) is 24.8. The molecule has 0 aliphatic rings. The molecule has 19 heavy (non-hydrogen) atoms. The predicted octanol–water partition coefficient (Wildman–Crippen LogP) is -5.86. The summed E-state index contributed by atoms with van der Waals surface area (Å²) in [6, 6.07) is 0. The summed E-state index contributed by atoms with van der Waals surface area (Å²) in [5.74, 6) is 0. The van der Waals surface area contributed by atoms with Crippen LogP contribution in [0.15, 0.2) is 0 Å². The van der Waals surface area contributed by atoms with Gasteiger partial charge in [0.05, 0.1) is 0 Å². The molecule has 0 unspecified atom stereocenters. The Morgan fingerprint density at radius 3 is 0.579 bits per heavy atom. The van der Waals surface area contributed by atoms with Crippen molar-refractivity contribution in [1.82, 2.24) is 0 Å². The molecule has 0 atom stereocenters. The second-order valence-electron chi connectivity index (χ2n) is 1.77. The Labute approximate surface area is 123 Å². The second kappa shape index (κ2) is 8.30. The first-order chi connectivity index (χ1) is 7.41. The molecule has 1 radical (unpaired) electrons. The van der Waals surface area contributed by atoms with Crippen LogP contribution in [0.4, 0.5) is 0 Å². The van der Waals surface area contributed by atoms with Crippen LogP contribution in [0.3, 0.4) is 0 Å². The summed E-state index contributed by atoms with van der Waals surface area (Å²) in [5, 5.41) is 0. The van der Waals surface area contributed by atoms with Gasteiger partial charge in [0.1, 0.15) is 0 Å². The van der Waals surface area contributed by atoms with Crippen molar-refractivity contribution >= 4 is 0 Å². The first-order valence-corrected chi connectivity index (χ1v) is 11.0. The van der Waals surface area contributed by atoms with Crippen molar-refractivity contribution in [3.05, 3.63) is 0 Å². The molecule has 0 fully saturated rings. The molecular weight excluding hydrogens is 496 g/mol. The van der Waals surface area contributed by atoms with Crippen molar-refractivity contribution in [3.8, 4) is 0 Å². The topological polar surface area (TPSA) is 247 Å². The summed E-state index contributed by atoms with van der Waals surface area (Å²) in [6.07, 6.45) is 0. The van der Waals surface area contributed by atoms with Crippen molar-refractivity contribution in [3.63, 3.8) is 0 Å². The van der Waals surface area contributed by atoms with Crippen molar-refractivity contribution in [2.75, 3.05) is 0 Å². The second-order valence-corrected chi connectivity index (χ2v) is 9.05. The minimum absolute atomic E-state index is 0. The van der Waals surface area contributed by atoms with Crippen LogP contribution in [-0.2, 0) is 108 Å². The fourth-order valence-electron chi connectivity index (χ4n) is 0.204. The van der Waals surface area contributed by atoms with E-state index in [0.717, 1.165) is 0 Å². The molecule has 0 rings (SSSR count). The molecule has 119 valence electrons. The van der Waals surface area contributed by atoms with Gasteiger partial charge >= 0.3 is 124 Å². The minimum atomic E-state index is -6.07. The molecule has 14 nitrogen and oxygen atoms in total. The molecule has 0 bridgehead atoms. The van der Waals surface area contributed by atoms with E-state index >= 15 is 0 Å². The average molecular weight is 496 g/mol. The zero-order valence-corrected chi connectivity index (χ0v) is 13.7. The van der Waals surface area contributed by atoms with Gasteiger partial charge in [-0.1, -0.05) is 0 Å². The van der Waals surface area contributed by atoms with E-state index in [1.54, 1.807) is 0 Å². The van der Waals surface area contributed by atoms with Gasteiger partial charge in [-0.05, 0) is 0 Å². The fourth-order valence-corrected chi connectivity index (χ4v) is 3.47. The maximum atomic E-state index is 9.38. The Morgan fingerprint density at radius 2 is 0.579 bits per heavy atom. The number of rotatable bonds is 4. The summed E-state index contributed by atoms with van der Waals surface area (Å²) >= 11 is -24.3. The molecule has 0 spiro atoms. The molecule has 0 aromatic carbocycles. The zero-order chi connectivity index (χ0) is 15.4. The Hall–Kier alpha value is 0.809. The third-order valence-corrected chi connectivity index (χ3v) is 5.67. The van der Waals surface area contributed by atoms with Crippen molar-refractivity contribution in [2.45, 2.75) is 0 Å². The molecule has 19 heteroatoms. The predicted molar refractivity (Wildman–Crippen MR) is 7.66 cm³/mol. The third kappa shape index (κ3) is 32.4. The SMILES string of the molecule is [Cu+4].[O]=[Cr](=[O])([O-])[O][Cr](=[O])(=[O])[O-].[O]=[Cr](=[O])([O-])[O][Cr](=[O])(=[O])[O-]. The zero-order valence-electron chi connectivity index (χ0n) is 7.65. The average Bonchev–Trinajstić information content (AvgIpc) is 1.64. The van der Waals surface area contributed by atoms with E-state index in [9.17, 15) is 47.1 Å². The van der Waals surface area contributed by atoms with Gasteiger partial charge < -0.3 is 0 Å². The molecule has 0 aromatic heterocycles. The van der Waals surface area contributed by atoms with Gasteiger partial charge in [0, 0.05) is 0 Å². The maximum absolute atomic E-state index is 9.38. The quantitative estimate of drug-likeness (QED) is 0.329. The van der Waals surface area contributed by atoms with E-state index in [0.29, 0.717) is 0 Å². The van der Waals surface area contributed by atoms with Crippen LogP contribution in [0.2, 0.25) is 0 Å². The van der Waals surface area contributed by atoms with E-state index in [4.69, 9.17) is 0 Å². The van der Waals surface area contributed by atoms with E-state index in [1.165, 1.54) is 0 Å². The van der Waals surface area contributed by atoms with Gasteiger partial charge in [0.2, 0.25) is 0 Å². The standard InChI is InChI=1S/4Cr.Cu.14O/q;;;;+4;;;;;;;;;;;4*-1. The van der Waals surface area contributed by atoms with Crippen LogP contribution in [0.25, 0.3) is 0 Å². The Balaban J connectivity index is -0.000000256. The van der Waals surface area contributed by atoms with Crippen LogP contribution >= 0.6 is 0 Å². The van der Waals surface area contributed by atoms with Crippen LogP contribution < -0.4 is 16.6 Å². The summed E-state index contributed by atoms with van der Waals surface area (Å²) in [7, 11) is 0. The molecule has 0 N–H and O–H groups in total. The monoisotopic (exact) mass is 495 g/mol. The third-order valence-electron chi connectivity index (χ3n) is 0.333. The molecule has 0 aromatic rings. The molecule has 0 amide bonds. The van der Waals surface area contributed by atoms with E-state index in [-0.39, 0.29) is 17.1 Å². The number of hydrogen-bond donors (Lipinski definition) is 0. The van der Waals surface area contributed by atoms with Crippen molar-refractivity contribution in [1.29, 1.82) is 0 Å². The Morgan fingerprint density at radius 1 is 0.474 bits per heavy atom. The van der Waals surface area contributed by atoms with E-state index < -0.39 is 54.5 Å². The Bertz CT molecular complexity index is 532. The molecule has 0 saturated carbocycles. The number of hydrogen-bond acceptors (Lipinski definition) is 14. The first-order valence-electron chi connectivity index (χ1n) is 2.67. The summed E-state index contributed by atoms with van der Waals surface area (Å²) in [4.78, 5) is 0. The summed E-state index contributed by atoms with van der Waals surface area (Å²) in [6.45, 7) is 0. The Kier molecular flexibility index (Phi) is 10.8. The van der Waals surface area contributed by atoms with Gasteiger partial charge in [-0.3, -0.25) is 0 Å². The molecular formula is Cr4CuO14. The van der Waals surface area contributed by atoms with Crippen LogP contribution in [0.1, 0.15) is 0 Å². The van der Waals surface area contributed by atoms with Gasteiger partial charge in [0.25, 0.3) is 0 Å². The van der Waals surface area contributed by atoms with Crippen LogP contribution in [-0.4, -0.2) is 0 Å². The summed E-state index contributed by atoms with van der Waals surface area (Å²) in [5.41, 5.74) is 0. The van der Waals surface area contributed by atoms with Gasteiger partial charge in [-0.2, -0.15) is 0 Å². The van der Waals surface area contributed by atoms with Gasteiger partial charge in [-0.15, -0.1) is 0 Å². The van der Waals surface area contributed by atoms with Crippen molar-refractivity contribution < 1.29 is 124 Å². The molecule has 0 aliphatic heterocycles. The molecule has 0 aliphatic carbocycles. The molecule has 0 heterocycles. The molecule has 0 saturated heterocycles. The van der Waals surface area contributed by atoms with Crippen molar-refractivity contribution in [2.24, 2.45) is 0 Å². The van der Waals surface area contributed by atoms with Gasteiger partial charge in [0.15, 0.2) is 0 Å². The van der Waals surface area contributed by atoms with Gasteiger partial charge in [-0.25, -0.2) is 0 Å². The van der Waals surface area contributed by atoms with E-state index in [2.05, 4.69) is 5.68 Å².